The first-order valence-electron chi connectivity index (χ1n) is 11.6. The van der Waals surface area contributed by atoms with Crippen LogP contribution in [0.2, 0.25) is 0 Å². The summed E-state index contributed by atoms with van der Waals surface area (Å²) in [6.45, 7) is 9.18. The van der Waals surface area contributed by atoms with Crippen LogP contribution in [0.3, 0.4) is 0 Å². The van der Waals surface area contributed by atoms with E-state index in [1.54, 1.807) is 38.1 Å². The van der Waals surface area contributed by atoms with Crippen molar-refractivity contribution in [3.8, 4) is 16.9 Å². The average Bonchev–Trinajstić information content (AvgIpc) is 2.78. The number of sulfonamides is 1. The Bertz CT molecular complexity index is 1370. The molecule has 4 rings (SSSR count). The number of carbonyl (C=O) groups is 1. The van der Waals surface area contributed by atoms with Crippen molar-refractivity contribution in [2.75, 3.05) is 10.8 Å². The second kappa shape index (κ2) is 9.04. The van der Waals surface area contributed by atoms with Gasteiger partial charge in [0.05, 0.1) is 22.5 Å². The number of aryl methyl sites for hydroxylation is 3. The molecule has 0 fully saturated rings. The van der Waals surface area contributed by atoms with E-state index in [4.69, 9.17) is 4.74 Å². The molecule has 1 N–H and O–H groups in total. The van der Waals surface area contributed by atoms with Gasteiger partial charge in [-0.1, -0.05) is 36.4 Å². The summed E-state index contributed by atoms with van der Waals surface area (Å²) in [7, 11) is -3.92. The first-order valence-corrected chi connectivity index (χ1v) is 13.0. The Balaban J connectivity index is 1.86. The zero-order valence-electron chi connectivity index (χ0n) is 20.7. The SMILES string of the molecule is Cc1cccc(S(=O)(=O)N2C[C@H](CC(C)(C)C(=O)O)Oc3ccc(-c4c(C)cccc4C)cc32)c1. The summed E-state index contributed by atoms with van der Waals surface area (Å²) in [4.78, 5) is 11.9. The number of hydrogen-bond acceptors (Lipinski definition) is 4. The Morgan fingerprint density at radius 3 is 2.31 bits per heavy atom. The Kier molecular flexibility index (Phi) is 6.40. The van der Waals surface area contributed by atoms with Crippen LogP contribution >= 0.6 is 0 Å². The summed E-state index contributed by atoms with van der Waals surface area (Å²) in [5.74, 6) is -0.529. The number of carboxylic acids is 1. The largest absolute Gasteiger partial charge is 0.486 e. The molecule has 6 nitrogen and oxygen atoms in total. The van der Waals surface area contributed by atoms with E-state index in [2.05, 4.69) is 0 Å². The topological polar surface area (TPSA) is 83.9 Å². The molecular weight excluding hydrogens is 462 g/mol. The van der Waals surface area contributed by atoms with Gasteiger partial charge in [0.25, 0.3) is 10.0 Å². The number of fused-ring (bicyclic) bond motifs is 1. The molecule has 0 radical (unpaired) electrons. The minimum absolute atomic E-state index is 0.0240. The molecule has 0 unspecified atom stereocenters. The predicted molar refractivity (Wildman–Crippen MR) is 138 cm³/mol. The van der Waals surface area contributed by atoms with E-state index in [0.717, 1.165) is 27.8 Å². The fourth-order valence-corrected chi connectivity index (χ4v) is 6.23. The van der Waals surface area contributed by atoms with Gasteiger partial charge >= 0.3 is 5.97 Å². The number of hydrogen-bond donors (Lipinski definition) is 1. The summed E-state index contributed by atoms with van der Waals surface area (Å²) in [5, 5.41) is 9.63. The van der Waals surface area contributed by atoms with E-state index < -0.39 is 27.5 Å². The molecule has 0 saturated carbocycles. The van der Waals surface area contributed by atoms with Gasteiger partial charge in [0, 0.05) is 6.42 Å². The molecule has 3 aromatic rings. The highest BCUT2D eigenvalue weighted by Gasteiger charge is 2.39. The normalized spacial score (nSPS) is 15.9. The minimum atomic E-state index is -3.92. The summed E-state index contributed by atoms with van der Waals surface area (Å²) >= 11 is 0. The molecule has 3 aromatic carbocycles. The molecule has 0 spiro atoms. The molecule has 1 heterocycles. The minimum Gasteiger partial charge on any atom is -0.486 e. The van der Waals surface area contributed by atoms with Crippen LogP contribution in [0.25, 0.3) is 11.1 Å². The maximum atomic E-state index is 13.9. The summed E-state index contributed by atoms with van der Waals surface area (Å²) in [6, 6.07) is 18.4. The van der Waals surface area contributed by atoms with E-state index in [1.807, 2.05) is 57.2 Å². The average molecular weight is 494 g/mol. The smallest absolute Gasteiger partial charge is 0.309 e. The number of ether oxygens (including phenoxy) is 1. The van der Waals surface area contributed by atoms with E-state index in [1.165, 1.54) is 4.31 Å². The van der Waals surface area contributed by atoms with Crippen molar-refractivity contribution in [3.05, 3.63) is 77.4 Å². The van der Waals surface area contributed by atoms with Gasteiger partial charge < -0.3 is 9.84 Å². The van der Waals surface area contributed by atoms with Gasteiger partial charge in [0.2, 0.25) is 0 Å². The fraction of sp³-hybridized carbons (Fsp3) is 0.321. The fourth-order valence-electron chi connectivity index (χ4n) is 4.63. The molecule has 0 amide bonds. The second-order valence-electron chi connectivity index (χ2n) is 9.93. The van der Waals surface area contributed by atoms with Crippen LogP contribution in [-0.2, 0) is 14.8 Å². The standard InChI is InChI=1S/C28H31NO5S/c1-18-8-6-11-23(14-18)35(32,33)29-17-22(16-28(4,5)27(30)31)34-25-13-12-21(15-24(25)29)26-19(2)9-7-10-20(26)3/h6-15,22H,16-17H2,1-5H3,(H,30,31)/t22-/m0/s1. The van der Waals surface area contributed by atoms with Crippen LogP contribution in [0, 0.1) is 26.2 Å². The third kappa shape index (κ3) is 4.78. The third-order valence-electron chi connectivity index (χ3n) is 6.55. The molecule has 35 heavy (non-hydrogen) atoms. The van der Waals surface area contributed by atoms with Crippen LogP contribution in [0.4, 0.5) is 5.69 Å². The monoisotopic (exact) mass is 493 g/mol. The number of anilines is 1. The number of carboxylic acid groups (broad SMARTS) is 1. The second-order valence-corrected chi connectivity index (χ2v) is 11.8. The lowest BCUT2D eigenvalue weighted by Gasteiger charge is -2.38. The molecule has 7 heteroatoms. The van der Waals surface area contributed by atoms with Crippen molar-refractivity contribution in [3.63, 3.8) is 0 Å². The van der Waals surface area contributed by atoms with E-state index in [0.29, 0.717) is 11.4 Å². The molecule has 0 saturated heterocycles. The maximum absolute atomic E-state index is 13.9. The lowest BCUT2D eigenvalue weighted by atomic mass is 9.86. The van der Waals surface area contributed by atoms with Crippen molar-refractivity contribution in [2.24, 2.45) is 5.41 Å². The number of nitrogens with zero attached hydrogens (tertiary/aromatic N) is 1. The van der Waals surface area contributed by atoms with Gasteiger partial charge in [-0.15, -0.1) is 0 Å². The summed E-state index contributed by atoms with van der Waals surface area (Å²) in [5.41, 5.74) is 4.36. The number of rotatable bonds is 6. The quantitative estimate of drug-likeness (QED) is 0.474. The van der Waals surface area contributed by atoms with E-state index in [-0.39, 0.29) is 17.9 Å². The van der Waals surface area contributed by atoms with Crippen molar-refractivity contribution in [1.29, 1.82) is 0 Å². The number of aliphatic carboxylic acids is 1. The van der Waals surface area contributed by atoms with Crippen LogP contribution < -0.4 is 9.04 Å². The van der Waals surface area contributed by atoms with Gasteiger partial charge in [-0.05, 0) is 86.7 Å². The van der Waals surface area contributed by atoms with Crippen LogP contribution in [0.5, 0.6) is 5.75 Å². The van der Waals surface area contributed by atoms with Crippen LogP contribution in [0.15, 0.2) is 65.6 Å². The lowest BCUT2D eigenvalue weighted by Crippen LogP contribution is -2.46. The molecule has 0 aromatic heterocycles. The van der Waals surface area contributed by atoms with Gasteiger partial charge in [-0.25, -0.2) is 8.42 Å². The molecule has 0 aliphatic carbocycles. The van der Waals surface area contributed by atoms with Crippen molar-refractivity contribution >= 4 is 21.7 Å². The molecular formula is C28H31NO5S. The van der Waals surface area contributed by atoms with Gasteiger partial charge in [0.1, 0.15) is 11.9 Å². The van der Waals surface area contributed by atoms with E-state index in [9.17, 15) is 18.3 Å². The lowest BCUT2D eigenvalue weighted by molar-refractivity contribution is -0.148. The Morgan fingerprint density at radius 1 is 1.03 bits per heavy atom. The molecule has 1 atom stereocenters. The molecule has 1 aliphatic rings. The van der Waals surface area contributed by atoms with Crippen molar-refractivity contribution in [1.82, 2.24) is 0 Å². The molecule has 184 valence electrons. The first-order chi connectivity index (χ1) is 16.4. The summed E-state index contributed by atoms with van der Waals surface area (Å²) in [6.07, 6.45) is -0.445. The zero-order valence-corrected chi connectivity index (χ0v) is 21.5. The molecule has 1 aliphatic heterocycles. The van der Waals surface area contributed by atoms with E-state index >= 15 is 0 Å². The highest BCUT2D eigenvalue weighted by Crippen LogP contribution is 2.42. The van der Waals surface area contributed by atoms with Crippen molar-refractivity contribution < 1.29 is 23.1 Å². The molecule has 0 bridgehead atoms. The zero-order chi connectivity index (χ0) is 25.5. The highest BCUT2D eigenvalue weighted by atomic mass is 32.2. The highest BCUT2D eigenvalue weighted by molar-refractivity contribution is 7.92. The van der Waals surface area contributed by atoms with Gasteiger partial charge in [-0.2, -0.15) is 0 Å². The summed E-state index contributed by atoms with van der Waals surface area (Å²) < 4.78 is 35.3. The third-order valence-corrected chi connectivity index (χ3v) is 8.33. The Morgan fingerprint density at radius 2 is 1.69 bits per heavy atom. The van der Waals surface area contributed by atoms with Gasteiger partial charge in [0.15, 0.2) is 0 Å². The first kappa shape index (κ1) is 24.8. The maximum Gasteiger partial charge on any atom is 0.309 e. The van der Waals surface area contributed by atoms with Crippen LogP contribution in [-0.4, -0.2) is 32.1 Å². The number of benzene rings is 3. The van der Waals surface area contributed by atoms with Gasteiger partial charge in [-0.3, -0.25) is 9.10 Å². The Hall–Kier alpha value is -3.32. The van der Waals surface area contributed by atoms with Crippen molar-refractivity contribution in [2.45, 2.75) is 52.0 Å². The Labute approximate surface area is 207 Å². The van der Waals surface area contributed by atoms with Crippen LogP contribution in [0.1, 0.15) is 37.0 Å². The predicted octanol–water partition coefficient (Wildman–Crippen LogP) is 5.74.